The van der Waals surface area contributed by atoms with Gasteiger partial charge in [-0.1, -0.05) is 25.1 Å². The van der Waals surface area contributed by atoms with E-state index in [1.54, 1.807) is 6.07 Å². The molecule has 0 spiro atoms. The van der Waals surface area contributed by atoms with Gasteiger partial charge in [0.25, 0.3) is 0 Å². The standard InChI is InChI=1S/C8H10O.ClH.Mg/c1-2-7-5-3-4-6-8(7)9;;/h3-6,9H,2H2,1H3;1H;/q;;+2/p-1. The molecule has 3 heteroatoms. The number of phenolic OH excluding ortho intramolecular Hbond substituents is 1. The zero-order chi connectivity index (χ0) is 6.69. The molecule has 0 fully saturated rings. The SMILES string of the molecule is CCc1ccccc1O.[Cl-].[Mg+2]. The van der Waals surface area contributed by atoms with Gasteiger partial charge in [0, 0.05) is 0 Å². The van der Waals surface area contributed by atoms with Crippen LogP contribution >= 0.6 is 0 Å². The fourth-order valence-electron chi connectivity index (χ4n) is 0.810. The first kappa shape index (κ1) is 13.7. The second-order valence-corrected chi connectivity index (χ2v) is 1.98. The Bertz CT molecular complexity index is 203. The molecule has 0 atom stereocenters. The van der Waals surface area contributed by atoms with Crippen molar-refractivity contribution in [3.8, 4) is 5.75 Å². The minimum atomic E-state index is 0. The zero-order valence-corrected chi connectivity index (χ0v) is 8.72. The first-order chi connectivity index (χ1) is 4.34. The average Bonchev–Trinajstić information content (AvgIpc) is 1.89. The molecule has 1 nitrogen and oxygen atoms in total. The van der Waals surface area contributed by atoms with Crippen molar-refractivity contribution in [2.24, 2.45) is 0 Å². The summed E-state index contributed by atoms with van der Waals surface area (Å²) in [6.45, 7) is 2.02. The van der Waals surface area contributed by atoms with Crippen LogP contribution in [0.15, 0.2) is 24.3 Å². The van der Waals surface area contributed by atoms with Gasteiger partial charge in [-0.2, -0.15) is 0 Å². The van der Waals surface area contributed by atoms with Gasteiger partial charge in [0.2, 0.25) is 0 Å². The first-order valence-electron chi connectivity index (χ1n) is 3.11. The Hall–Kier alpha value is 0.0762. The normalized spacial score (nSPS) is 7.73. The molecule has 0 saturated carbocycles. The number of halogens is 1. The Labute approximate surface area is 89.4 Å². The maximum atomic E-state index is 9.11. The van der Waals surface area contributed by atoms with E-state index in [1.165, 1.54) is 0 Å². The van der Waals surface area contributed by atoms with E-state index in [9.17, 15) is 0 Å². The second kappa shape index (κ2) is 6.77. The fourth-order valence-corrected chi connectivity index (χ4v) is 0.810. The molecule has 0 saturated heterocycles. The van der Waals surface area contributed by atoms with Crippen LogP contribution < -0.4 is 12.4 Å². The predicted octanol–water partition coefficient (Wildman–Crippen LogP) is -1.42. The molecule has 0 heterocycles. The summed E-state index contributed by atoms with van der Waals surface area (Å²) in [6, 6.07) is 7.39. The molecule has 0 bridgehead atoms. The minimum Gasteiger partial charge on any atom is -1.00 e. The second-order valence-electron chi connectivity index (χ2n) is 1.98. The van der Waals surface area contributed by atoms with Crippen molar-refractivity contribution in [2.45, 2.75) is 13.3 Å². The Kier molecular flexibility index (Phi) is 8.40. The van der Waals surface area contributed by atoms with E-state index >= 15 is 0 Å². The van der Waals surface area contributed by atoms with Gasteiger partial charge in [-0.3, -0.25) is 0 Å². The zero-order valence-electron chi connectivity index (χ0n) is 6.55. The Morgan fingerprint density at radius 2 is 1.82 bits per heavy atom. The van der Waals surface area contributed by atoms with Gasteiger partial charge in [-0.15, -0.1) is 0 Å². The number of phenols is 1. The summed E-state index contributed by atoms with van der Waals surface area (Å²) >= 11 is 0. The van der Waals surface area contributed by atoms with Crippen molar-refractivity contribution in [2.75, 3.05) is 0 Å². The van der Waals surface area contributed by atoms with Crippen LogP contribution in [0.1, 0.15) is 12.5 Å². The van der Waals surface area contributed by atoms with Crippen LogP contribution in [-0.4, -0.2) is 28.2 Å². The van der Waals surface area contributed by atoms with Crippen molar-refractivity contribution in [1.82, 2.24) is 0 Å². The monoisotopic (exact) mass is 181 g/mol. The predicted molar refractivity (Wildman–Crippen MR) is 43.2 cm³/mol. The van der Waals surface area contributed by atoms with Crippen molar-refractivity contribution >= 4 is 23.1 Å². The molecule has 0 amide bonds. The number of aryl methyl sites for hydroxylation is 1. The number of rotatable bonds is 1. The number of aromatic hydroxyl groups is 1. The van der Waals surface area contributed by atoms with E-state index in [0.29, 0.717) is 5.75 Å². The number of benzene rings is 1. The molecule has 0 aliphatic carbocycles. The number of hydrogen-bond donors (Lipinski definition) is 1. The molecule has 0 aromatic heterocycles. The van der Waals surface area contributed by atoms with Gasteiger partial charge < -0.3 is 17.5 Å². The van der Waals surface area contributed by atoms with Crippen molar-refractivity contribution in [3.63, 3.8) is 0 Å². The van der Waals surface area contributed by atoms with E-state index in [-0.39, 0.29) is 35.5 Å². The largest absolute Gasteiger partial charge is 2.00 e. The summed E-state index contributed by atoms with van der Waals surface area (Å²) in [5, 5.41) is 9.11. The van der Waals surface area contributed by atoms with Crippen LogP contribution in [0.3, 0.4) is 0 Å². The molecule has 11 heavy (non-hydrogen) atoms. The van der Waals surface area contributed by atoms with Gasteiger partial charge in [0.15, 0.2) is 0 Å². The quantitative estimate of drug-likeness (QED) is 0.528. The van der Waals surface area contributed by atoms with E-state index in [4.69, 9.17) is 5.11 Å². The molecular formula is C8H10ClMgO+. The third-order valence-corrected chi connectivity index (χ3v) is 1.37. The van der Waals surface area contributed by atoms with Crippen molar-refractivity contribution < 1.29 is 17.5 Å². The Balaban J connectivity index is 0. The summed E-state index contributed by atoms with van der Waals surface area (Å²) in [5.41, 5.74) is 1.01. The smallest absolute Gasteiger partial charge is 1.00 e. The maximum absolute atomic E-state index is 9.11. The van der Waals surface area contributed by atoms with Crippen LogP contribution in [0.5, 0.6) is 5.75 Å². The van der Waals surface area contributed by atoms with Crippen molar-refractivity contribution in [1.29, 1.82) is 0 Å². The molecule has 0 aliphatic heterocycles. The molecule has 0 aliphatic rings. The van der Waals surface area contributed by atoms with Crippen LogP contribution in [0, 0.1) is 0 Å². The molecule has 0 radical (unpaired) electrons. The van der Waals surface area contributed by atoms with Gasteiger partial charge in [-0.25, -0.2) is 0 Å². The molecular weight excluding hydrogens is 172 g/mol. The summed E-state index contributed by atoms with van der Waals surface area (Å²) in [4.78, 5) is 0. The summed E-state index contributed by atoms with van der Waals surface area (Å²) in [6.07, 6.45) is 0.896. The Morgan fingerprint density at radius 1 is 1.27 bits per heavy atom. The molecule has 1 aromatic carbocycles. The van der Waals surface area contributed by atoms with Crippen LogP contribution in [-0.2, 0) is 6.42 Å². The maximum Gasteiger partial charge on any atom is 2.00 e. The summed E-state index contributed by atoms with van der Waals surface area (Å²) < 4.78 is 0. The number of para-hydroxylation sites is 1. The Morgan fingerprint density at radius 3 is 2.18 bits per heavy atom. The third-order valence-electron chi connectivity index (χ3n) is 1.37. The summed E-state index contributed by atoms with van der Waals surface area (Å²) in [7, 11) is 0. The van der Waals surface area contributed by atoms with Crippen LogP contribution in [0.4, 0.5) is 0 Å². The molecule has 1 rings (SSSR count). The first-order valence-corrected chi connectivity index (χ1v) is 3.11. The fraction of sp³-hybridized carbons (Fsp3) is 0.250. The molecule has 0 unspecified atom stereocenters. The average molecular weight is 182 g/mol. The van der Waals surface area contributed by atoms with Crippen molar-refractivity contribution in [3.05, 3.63) is 29.8 Å². The number of hydrogen-bond acceptors (Lipinski definition) is 1. The van der Waals surface area contributed by atoms with Gasteiger partial charge in [0.05, 0.1) is 0 Å². The van der Waals surface area contributed by atoms with Gasteiger partial charge in [0.1, 0.15) is 5.75 Å². The van der Waals surface area contributed by atoms with E-state index in [2.05, 4.69) is 0 Å². The summed E-state index contributed by atoms with van der Waals surface area (Å²) in [5.74, 6) is 0.403. The van der Waals surface area contributed by atoms with E-state index in [1.807, 2.05) is 25.1 Å². The molecule has 1 N–H and O–H groups in total. The minimum absolute atomic E-state index is 0. The van der Waals surface area contributed by atoms with Gasteiger partial charge >= 0.3 is 23.1 Å². The van der Waals surface area contributed by atoms with E-state index in [0.717, 1.165) is 12.0 Å². The van der Waals surface area contributed by atoms with Crippen LogP contribution in [0.2, 0.25) is 0 Å². The van der Waals surface area contributed by atoms with Crippen LogP contribution in [0.25, 0.3) is 0 Å². The molecule has 56 valence electrons. The third kappa shape index (κ3) is 3.84. The topological polar surface area (TPSA) is 20.2 Å². The van der Waals surface area contributed by atoms with E-state index < -0.39 is 0 Å². The molecule has 1 aromatic rings. The van der Waals surface area contributed by atoms with Gasteiger partial charge in [-0.05, 0) is 18.1 Å².